The second kappa shape index (κ2) is 60.1. The van der Waals surface area contributed by atoms with Crippen molar-refractivity contribution in [2.45, 2.75) is 303 Å². The van der Waals surface area contributed by atoms with Crippen molar-refractivity contribution in [3.63, 3.8) is 0 Å². The maximum absolute atomic E-state index is 12.8. The van der Waals surface area contributed by atoms with Gasteiger partial charge in [-0.15, -0.1) is 0 Å². The van der Waals surface area contributed by atoms with E-state index in [2.05, 4.69) is 106 Å². The van der Waals surface area contributed by atoms with Crippen molar-refractivity contribution in [3.8, 4) is 0 Å². The first-order valence-corrected chi connectivity index (χ1v) is 30.6. The summed E-state index contributed by atoms with van der Waals surface area (Å²) in [5.74, 6) is -0.917. The number of hydrogen-bond acceptors (Lipinski definition) is 6. The van der Waals surface area contributed by atoms with E-state index in [1.54, 1.807) is 0 Å². The third-order valence-corrected chi connectivity index (χ3v) is 13.1. The van der Waals surface area contributed by atoms with E-state index in [0.717, 1.165) is 122 Å². The Balaban J connectivity index is 4.22. The molecule has 0 saturated heterocycles. The van der Waals surface area contributed by atoms with E-state index in [0.29, 0.717) is 19.3 Å². The van der Waals surface area contributed by atoms with E-state index in [1.807, 2.05) is 0 Å². The number of carbonyl (C=O) groups is 3. The third-order valence-electron chi connectivity index (χ3n) is 13.1. The molecular weight excluding hydrogens is 889 g/mol. The zero-order valence-electron chi connectivity index (χ0n) is 47.4. The molecule has 0 aromatic carbocycles. The van der Waals surface area contributed by atoms with Crippen molar-refractivity contribution < 1.29 is 28.6 Å². The summed E-state index contributed by atoms with van der Waals surface area (Å²) in [5.41, 5.74) is 0. The van der Waals surface area contributed by atoms with Crippen LogP contribution in [0, 0.1) is 0 Å². The highest BCUT2D eigenvalue weighted by Gasteiger charge is 2.19. The molecule has 0 aliphatic carbocycles. The predicted molar refractivity (Wildman–Crippen MR) is 311 cm³/mol. The van der Waals surface area contributed by atoms with Crippen LogP contribution in [0.15, 0.2) is 85.1 Å². The second-order valence-electron chi connectivity index (χ2n) is 20.2. The molecule has 1 unspecified atom stereocenters. The van der Waals surface area contributed by atoms with E-state index < -0.39 is 6.10 Å². The first-order valence-electron chi connectivity index (χ1n) is 30.6. The van der Waals surface area contributed by atoms with Crippen LogP contribution in [0.4, 0.5) is 0 Å². The Morgan fingerprint density at radius 3 is 0.917 bits per heavy atom. The van der Waals surface area contributed by atoms with Crippen LogP contribution in [0.1, 0.15) is 297 Å². The van der Waals surface area contributed by atoms with Gasteiger partial charge in [0.25, 0.3) is 0 Å². The summed E-state index contributed by atoms with van der Waals surface area (Å²) in [6, 6.07) is 0. The quantitative estimate of drug-likeness (QED) is 0.0261. The first kappa shape index (κ1) is 68.6. The lowest BCUT2D eigenvalue weighted by Crippen LogP contribution is -2.30. The molecule has 0 rings (SSSR count). The summed E-state index contributed by atoms with van der Waals surface area (Å²) in [7, 11) is 0. The zero-order valence-corrected chi connectivity index (χ0v) is 47.4. The zero-order chi connectivity index (χ0) is 52.2. The van der Waals surface area contributed by atoms with Gasteiger partial charge in [-0.25, -0.2) is 0 Å². The minimum atomic E-state index is -0.792. The average molecular weight is 1000 g/mol. The molecule has 0 N–H and O–H groups in total. The Kier molecular flexibility index (Phi) is 57.3. The summed E-state index contributed by atoms with van der Waals surface area (Å²) < 4.78 is 16.8. The van der Waals surface area contributed by atoms with Crippen LogP contribution in [-0.2, 0) is 28.6 Å². The molecular formula is C66H114O6. The molecule has 0 aliphatic rings. The largest absolute Gasteiger partial charge is 0.462 e. The molecule has 0 fully saturated rings. The monoisotopic (exact) mass is 1000 g/mol. The summed E-state index contributed by atoms with van der Waals surface area (Å²) in [6.45, 7) is 6.44. The van der Waals surface area contributed by atoms with Gasteiger partial charge in [0.15, 0.2) is 6.10 Å². The van der Waals surface area contributed by atoms with Crippen molar-refractivity contribution in [2.24, 2.45) is 0 Å². The second-order valence-corrected chi connectivity index (χ2v) is 20.2. The van der Waals surface area contributed by atoms with Crippen LogP contribution >= 0.6 is 0 Å². The minimum absolute atomic E-state index is 0.0882. The molecule has 1 atom stereocenters. The summed E-state index contributed by atoms with van der Waals surface area (Å²) in [6.07, 6.45) is 78.8. The fraction of sp³-hybridized carbons (Fsp3) is 0.742. The van der Waals surface area contributed by atoms with E-state index in [1.165, 1.54) is 135 Å². The molecule has 0 saturated carbocycles. The van der Waals surface area contributed by atoms with Gasteiger partial charge >= 0.3 is 17.9 Å². The number of carbonyl (C=O) groups excluding carboxylic acids is 3. The molecule has 0 heterocycles. The third kappa shape index (κ3) is 57.5. The van der Waals surface area contributed by atoms with E-state index in [9.17, 15) is 14.4 Å². The molecule has 0 spiro atoms. The van der Waals surface area contributed by atoms with Crippen LogP contribution in [0.2, 0.25) is 0 Å². The fourth-order valence-electron chi connectivity index (χ4n) is 8.53. The topological polar surface area (TPSA) is 78.9 Å². The maximum atomic E-state index is 12.8. The standard InChI is InChI=1S/C66H114O6/c1-4-7-10-13-16-19-22-24-26-28-29-30-31-32-33-34-35-36-37-39-40-42-44-47-50-53-56-59-65(68)71-62-63(61-70-64(67)58-55-52-49-46-21-18-15-12-9-6-3)72-66(69)60-57-54-51-48-45-43-41-38-27-25-23-20-17-14-11-8-5-2/h8,11-12,15,17,20,22,24-25,27-29,41,43,63H,4-7,9-10,13-14,16,18-19,21,23,26,30-40,42,44-62H2,1-3H3/b11-8-,15-12-,20-17-,24-22-,27-25-,29-28-,43-41-. The Bertz CT molecular complexity index is 1380. The Morgan fingerprint density at radius 1 is 0.292 bits per heavy atom. The van der Waals surface area contributed by atoms with E-state index >= 15 is 0 Å². The molecule has 0 aromatic heterocycles. The highest BCUT2D eigenvalue weighted by atomic mass is 16.6. The highest BCUT2D eigenvalue weighted by molar-refractivity contribution is 5.71. The SMILES string of the molecule is CC/C=C\C/C=C\C/C=C\C/C=C\CCCCCCC(=O)OC(COC(=O)CCCCCCC/C=C\CCC)COC(=O)CCCCCCCCCCCCCCCCC/C=C\C/C=C\CCCCCCC. The fourth-order valence-corrected chi connectivity index (χ4v) is 8.53. The number of esters is 3. The van der Waals surface area contributed by atoms with Gasteiger partial charge in [0.2, 0.25) is 0 Å². The van der Waals surface area contributed by atoms with E-state index in [4.69, 9.17) is 14.2 Å². The molecule has 72 heavy (non-hydrogen) atoms. The molecule has 0 amide bonds. The average Bonchev–Trinajstić information content (AvgIpc) is 3.38. The van der Waals surface area contributed by atoms with Crippen LogP contribution in [0.5, 0.6) is 0 Å². The van der Waals surface area contributed by atoms with Crippen LogP contribution < -0.4 is 0 Å². The Hall–Kier alpha value is -3.41. The van der Waals surface area contributed by atoms with Crippen molar-refractivity contribution >= 4 is 17.9 Å². The van der Waals surface area contributed by atoms with Gasteiger partial charge in [-0.05, 0) is 109 Å². The molecule has 0 aromatic rings. The van der Waals surface area contributed by atoms with Gasteiger partial charge in [0, 0.05) is 19.3 Å². The van der Waals surface area contributed by atoms with Crippen molar-refractivity contribution in [1.82, 2.24) is 0 Å². The lowest BCUT2D eigenvalue weighted by molar-refractivity contribution is -0.167. The molecule has 0 radical (unpaired) electrons. The highest BCUT2D eigenvalue weighted by Crippen LogP contribution is 2.16. The normalized spacial score (nSPS) is 12.7. The first-order chi connectivity index (χ1) is 35.5. The van der Waals surface area contributed by atoms with Gasteiger partial charge in [-0.2, -0.15) is 0 Å². The Labute approximate surface area is 445 Å². The van der Waals surface area contributed by atoms with Crippen molar-refractivity contribution in [3.05, 3.63) is 85.1 Å². The minimum Gasteiger partial charge on any atom is -0.462 e. The van der Waals surface area contributed by atoms with E-state index in [-0.39, 0.29) is 31.1 Å². The molecule has 0 bridgehead atoms. The van der Waals surface area contributed by atoms with Crippen LogP contribution in [0.3, 0.4) is 0 Å². The number of allylic oxidation sites excluding steroid dienone is 14. The lowest BCUT2D eigenvalue weighted by atomic mass is 10.0. The summed E-state index contributed by atoms with van der Waals surface area (Å²) in [4.78, 5) is 38.1. The maximum Gasteiger partial charge on any atom is 0.306 e. The van der Waals surface area contributed by atoms with Crippen LogP contribution in [-0.4, -0.2) is 37.2 Å². The van der Waals surface area contributed by atoms with Gasteiger partial charge in [-0.3, -0.25) is 14.4 Å². The molecule has 6 heteroatoms. The molecule has 6 nitrogen and oxygen atoms in total. The van der Waals surface area contributed by atoms with Gasteiger partial charge in [0.1, 0.15) is 13.2 Å². The molecule has 414 valence electrons. The van der Waals surface area contributed by atoms with Gasteiger partial charge in [-0.1, -0.05) is 254 Å². The smallest absolute Gasteiger partial charge is 0.306 e. The van der Waals surface area contributed by atoms with Gasteiger partial charge in [0.05, 0.1) is 0 Å². The summed E-state index contributed by atoms with van der Waals surface area (Å²) >= 11 is 0. The Morgan fingerprint density at radius 2 is 0.569 bits per heavy atom. The number of rotatable bonds is 55. The number of unbranched alkanes of at least 4 members (excludes halogenated alkanes) is 30. The van der Waals surface area contributed by atoms with Crippen molar-refractivity contribution in [2.75, 3.05) is 13.2 Å². The van der Waals surface area contributed by atoms with Crippen molar-refractivity contribution in [1.29, 1.82) is 0 Å². The van der Waals surface area contributed by atoms with Gasteiger partial charge < -0.3 is 14.2 Å². The predicted octanol–water partition coefficient (Wildman–Crippen LogP) is 20.7. The number of ether oxygens (including phenoxy) is 3. The summed E-state index contributed by atoms with van der Waals surface area (Å²) in [5, 5.41) is 0. The van der Waals surface area contributed by atoms with Crippen LogP contribution in [0.25, 0.3) is 0 Å². The molecule has 0 aliphatic heterocycles. The number of hydrogen-bond donors (Lipinski definition) is 0. The lowest BCUT2D eigenvalue weighted by Gasteiger charge is -2.18.